The fourth-order valence-electron chi connectivity index (χ4n) is 3.02. The highest BCUT2D eigenvalue weighted by Crippen LogP contribution is 2.40. The van der Waals surface area contributed by atoms with Crippen LogP contribution in [0.1, 0.15) is 40.4 Å². The molecule has 1 aromatic heterocycles. The number of nitrogens with zero attached hydrogens (tertiary/aromatic N) is 3. The van der Waals surface area contributed by atoms with E-state index in [0.29, 0.717) is 16.9 Å². The summed E-state index contributed by atoms with van der Waals surface area (Å²) in [7, 11) is 0. The van der Waals surface area contributed by atoms with Gasteiger partial charge in [-0.15, -0.1) is 0 Å². The number of benzene rings is 2. The number of para-hydroxylation sites is 1. The monoisotopic (exact) mass is 409 g/mol. The van der Waals surface area contributed by atoms with Gasteiger partial charge in [0, 0.05) is 28.1 Å². The number of nitrogens with one attached hydrogen (secondary N) is 1. The van der Waals surface area contributed by atoms with Crippen LogP contribution in [0.15, 0.2) is 47.6 Å². The molecule has 1 heterocycles. The highest BCUT2D eigenvalue weighted by atomic mass is 35.5. The Kier molecular flexibility index (Phi) is 4.85. The fourth-order valence-corrected chi connectivity index (χ4v) is 3.24. The van der Waals surface area contributed by atoms with E-state index in [-0.39, 0.29) is 10.6 Å². The van der Waals surface area contributed by atoms with Crippen LogP contribution in [-0.4, -0.2) is 22.0 Å². The van der Waals surface area contributed by atoms with Crippen molar-refractivity contribution in [1.29, 1.82) is 0 Å². The molecule has 9 heteroatoms. The van der Waals surface area contributed by atoms with Crippen molar-refractivity contribution < 1.29 is 14.8 Å². The average Bonchev–Trinajstić information content (AvgIpc) is 3.54. The molecule has 0 bridgehead atoms. The number of hydrogen-bond acceptors (Lipinski definition) is 6. The molecule has 3 aromatic rings. The lowest BCUT2D eigenvalue weighted by Gasteiger charge is -2.11. The summed E-state index contributed by atoms with van der Waals surface area (Å²) >= 11 is 5.82. The smallest absolute Gasteiger partial charge is 0.272 e. The van der Waals surface area contributed by atoms with E-state index in [9.17, 15) is 20.0 Å². The lowest BCUT2D eigenvalue weighted by atomic mass is 10.1. The van der Waals surface area contributed by atoms with Gasteiger partial charge in [-0.25, -0.2) is 5.43 Å². The first-order chi connectivity index (χ1) is 13.9. The number of amides is 1. The molecule has 29 heavy (non-hydrogen) atoms. The normalized spacial score (nSPS) is 13.7. The number of carbonyl (C=O) groups excluding carboxylic acids is 1. The van der Waals surface area contributed by atoms with Crippen molar-refractivity contribution >= 4 is 40.3 Å². The van der Waals surface area contributed by atoms with Gasteiger partial charge < -0.3 is 5.11 Å². The number of rotatable bonds is 5. The number of fused-ring (bicyclic) bond motifs is 1. The van der Waals surface area contributed by atoms with Gasteiger partial charge in [-0.1, -0.05) is 29.8 Å². The van der Waals surface area contributed by atoms with Crippen molar-refractivity contribution in [2.24, 2.45) is 5.10 Å². The lowest BCUT2D eigenvalue weighted by molar-refractivity contribution is -0.398. The van der Waals surface area contributed by atoms with Crippen LogP contribution in [0, 0.1) is 10.1 Å². The molecule has 0 aliphatic heterocycles. The zero-order chi connectivity index (χ0) is 20.5. The highest BCUT2D eigenvalue weighted by Gasteiger charge is 2.26. The summed E-state index contributed by atoms with van der Waals surface area (Å²) < 4.78 is 0. The van der Waals surface area contributed by atoms with Crippen LogP contribution in [0.4, 0.5) is 5.69 Å². The summed E-state index contributed by atoms with van der Waals surface area (Å²) in [5.41, 5.74) is 3.64. The maximum Gasteiger partial charge on any atom is 0.272 e. The van der Waals surface area contributed by atoms with Crippen molar-refractivity contribution in [3.05, 3.63) is 74.4 Å². The molecule has 4 rings (SSSR count). The van der Waals surface area contributed by atoms with Crippen molar-refractivity contribution in [1.82, 2.24) is 10.4 Å². The SMILES string of the molecule is O=C(N/N=C\c1cc(Cl)cc([N+](=O)[O-])c1[O-])c1cc(C2CC2)nc2ccccc12. The highest BCUT2D eigenvalue weighted by molar-refractivity contribution is 6.31. The van der Waals surface area contributed by atoms with E-state index < -0.39 is 22.3 Å². The molecule has 1 aliphatic carbocycles. The Morgan fingerprint density at radius 3 is 2.76 bits per heavy atom. The number of nitro groups is 1. The van der Waals surface area contributed by atoms with Gasteiger partial charge in [0.25, 0.3) is 11.6 Å². The van der Waals surface area contributed by atoms with E-state index in [1.165, 1.54) is 6.07 Å². The minimum atomic E-state index is -0.831. The Balaban J connectivity index is 1.62. The van der Waals surface area contributed by atoms with E-state index in [4.69, 9.17) is 11.6 Å². The predicted octanol–water partition coefficient (Wildman–Crippen LogP) is 3.51. The Morgan fingerprint density at radius 2 is 2.03 bits per heavy atom. The molecular weight excluding hydrogens is 396 g/mol. The van der Waals surface area contributed by atoms with E-state index in [1.54, 1.807) is 12.1 Å². The van der Waals surface area contributed by atoms with Crippen molar-refractivity contribution in [3.8, 4) is 5.75 Å². The van der Waals surface area contributed by atoms with E-state index in [2.05, 4.69) is 15.5 Å². The minimum Gasteiger partial charge on any atom is -0.867 e. The van der Waals surface area contributed by atoms with Gasteiger partial charge in [0.1, 0.15) is 0 Å². The third-order valence-electron chi connectivity index (χ3n) is 4.61. The lowest BCUT2D eigenvalue weighted by Crippen LogP contribution is -2.19. The third-order valence-corrected chi connectivity index (χ3v) is 4.82. The van der Waals surface area contributed by atoms with Gasteiger partial charge in [-0.3, -0.25) is 19.9 Å². The molecule has 146 valence electrons. The number of halogens is 1. The van der Waals surface area contributed by atoms with Crippen LogP contribution in [-0.2, 0) is 0 Å². The number of pyridine rings is 1. The molecule has 0 spiro atoms. The maximum atomic E-state index is 12.7. The molecule has 8 nitrogen and oxygen atoms in total. The first-order valence-electron chi connectivity index (χ1n) is 8.82. The summed E-state index contributed by atoms with van der Waals surface area (Å²) in [6.07, 6.45) is 3.14. The van der Waals surface area contributed by atoms with E-state index in [1.807, 2.05) is 18.2 Å². The van der Waals surface area contributed by atoms with Gasteiger partial charge in [0.2, 0.25) is 0 Å². The molecule has 2 aromatic carbocycles. The molecule has 1 aliphatic rings. The Morgan fingerprint density at radius 1 is 1.28 bits per heavy atom. The molecule has 1 amide bonds. The zero-order valence-corrected chi connectivity index (χ0v) is 15.7. The fraction of sp³-hybridized carbons (Fsp3) is 0.150. The molecule has 1 fully saturated rings. The van der Waals surface area contributed by atoms with Gasteiger partial charge in [-0.2, -0.15) is 5.10 Å². The first kappa shape index (κ1) is 18.8. The summed E-state index contributed by atoms with van der Waals surface area (Å²) in [5, 5.41) is 27.5. The molecule has 1 saturated carbocycles. The average molecular weight is 410 g/mol. The van der Waals surface area contributed by atoms with Gasteiger partial charge in [0.05, 0.1) is 22.2 Å². The Bertz CT molecular complexity index is 1170. The molecule has 0 atom stereocenters. The summed E-state index contributed by atoms with van der Waals surface area (Å²) in [5.74, 6) is -0.932. The Hall–Kier alpha value is -3.52. The Labute approximate surface area is 170 Å². The van der Waals surface area contributed by atoms with Crippen LogP contribution < -0.4 is 10.5 Å². The standard InChI is InChI=1S/C20H15ClN4O4/c21-13-7-12(19(26)18(8-13)25(28)29)10-22-24-20(27)15-9-17(11-5-6-11)23-16-4-2-1-3-14(15)16/h1-4,7-11,26H,5-6H2,(H,24,27)/p-1/b22-10-. The third kappa shape index (κ3) is 3.88. The molecule has 0 saturated heterocycles. The number of hydrogen-bond donors (Lipinski definition) is 1. The minimum absolute atomic E-state index is 0.0262. The number of hydrazone groups is 1. The first-order valence-corrected chi connectivity index (χ1v) is 9.20. The summed E-state index contributed by atoms with van der Waals surface area (Å²) in [6.45, 7) is 0. The van der Waals surface area contributed by atoms with Crippen LogP contribution in [0.25, 0.3) is 10.9 Å². The molecule has 1 N–H and O–H groups in total. The molecular formula is C20H14ClN4O4-. The van der Waals surface area contributed by atoms with Gasteiger partial charge in [-0.05, 0) is 42.4 Å². The number of aromatic nitrogens is 1. The molecule has 0 unspecified atom stereocenters. The van der Waals surface area contributed by atoms with Crippen molar-refractivity contribution in [2.45, 2.75) is 18.8 Å². The van der Waals surface area contributed by atoms with Gasteiger partial charge >= 0.3 is 0 Å². The zero-order valence-electron chi connectivity index (χ0n) is 15.0. The number of nitro benzene ring substituents is 1. The van der Waals surface area contributed by atoms with Crippen LogP contribution in [0.5, 0.6) is 5.75 Å². The quantitative estimate of drug-likeness (QED) is 0.392. The van der Waals surface area contributed by atoms with Crippen LogP contribution >= 0.6 is 11.6 Å². The van der Waals surface area contributed by atoms with Gasteiger partial charge in [0.15, 0.2) is 0 Å². The predicted molar refractivity (Wildman–Crippen MR) is 106 cm³/mol. The van der Waals surface area contributed by atoms with E-state index >= 15 is 0 Å². The second-order valence-corrected chi connectivity index (χ2v) is 7.12. The summed E-state index contributed by atoms with van der Waals surface area (Å²) in [4.78, 5) is 27.4. The summed E-state index contributed by atoms with van der Waals surface area (Å²) in [6, 6.07) is 11.3. The van der Waals surface area contributed by atoms with Crippen molar-refractivity contribution in [3.63, 3.8) is 0 Å². The van der Waals surface area contributed by atoms with Crippen molar-refractivity contribution in [2.75, 3.05) is 0 Å². The number of carbonyl (C=O) groups is 1. The largest absolute Gasteiger partial charge is 0.867 e. The van der Waals surface area contributed by atoms with Crippen LogP contribution in [0.3, 0.4) is 0 Å². The maximum absolute atomic E-state index is 12.7. The second-order valence-electron chi connectivity index (χ2n) is 6.69. The topological polar surface area (TPSA) is 121 Å². The van der Waals surface area contributed by atoms with E-state index in [0.717, 1.165) is 36.3 Å². The second kappa shape index (κ2) is 7.48. The molecule has 0 radical (unpaired) electrons. The van der Waals surface area contributed by atoms with Crippen LogP contribution in [0.2, 0.25) is 5.02 Å².